The summed E-state index contributed by atoms with van der Waals surface area (Å²) in [6.07, 6.45) is 6.86. The van der Waals surface area contributed by atoms with Crippen LogP contribution in [0.15, 0.2) is 36.2 Å². The number of pyridine rings is 1. The lowest BCUT2D eigenvalue weighted by Crippen LogP contribution is -2.37. The smallest absolute Gasteiger partial charge is 0.306 e. The van der Waals surface area contributed by atoms with Crippen molar-refractivity contribution in [1.29, 1.82) is 0 Å². The van der Waals surface area contributed by atoms with Gasteiger partial charge in [-0.05, 0) is 56.1 Å². The zero-order valence-electron chi connectivity index (χ0n) is 16.2. The minimum absolute atomic E-state index is 0.0969. The first-order valence-corrected chi connectivity index (χ1v) is 9.44. The van der Waals surface area contributed by atoms with E-state index in [2.05, 4.69) is 37.1 Å². The van der Waals surface area contributed by atoms with Gasteiger partial charge in [-0.2, -0.15) is 0 Å². The molecule has 5 nitrogen and oxygen atoms in total. The van der Waals surface area contributed by atoms with Crippen molar-refractivity contribution in [3.63, 3.8) is 0 Å². The number of aromatic nitrogens is 1. The minimum atomic E-state index is -0.129. The van der Waals surface area contributed by atoms with E-state index in [9.17, 15) is 9.59 Å². The van der Waals surface area contributed by atoms with Crippen molar-refractivity contribution in [2.24, 2.45) is 23.7 Å². The molecule has 1 aliphatic rings. The van der Waals surface area contributed by atoms with Crippen LogP contribution < -0.4 is 5.32 Å². The Bertz CT molecular complexity index is 640. The number of hydrogen-bond donors (Lipinski definition) is 1. The van der Waals surface area contributed by atoms with Crippen molar-refractivity contribution < 1.29 is 14.3 Å². The van der Waals surface area contributed by atoms with Crippen molar-refractivity contribution >= 4 is 11.9 Å². The van der Waals surface area contributed by atoms with E-state index in [-0.39, 0.29) is 23.7 Å². The van der Waals surface area contributed by atoms with Crippen molar-refractivity contribution in [2.45, 2.75) is 40.5 Å². The van der Waals surface area contributed by atoms with E-state index in [0.717, 1.165) is 6.42 Å². The highest BCUT2D eigenvalue weighted by molar-refractivity contribution is 5.93. The number of ether oxygens (including phenoxy) is 1. The molecule has 1 aromatic heterocycles. The first-order chi connectivity index (χ1) is 12.4. The summed E-state index contributed by atoms with van der Waals surface area (Å²) in [6.45, 7) is 9.34. The molecule has 0 aromatic carbocycles. The fraction of sp³-hybridized carbons (Fsp3) is 0.571. The second-order valence-electron chi connectivity index (χ2n) is 7.38. The van der Waals surface area contributed by atoms with E-state index < -0.39 is 0 Å². The van der Waals surface area contributed by atoms with Gasteiger partial charge in [0.15, 0.2) is 0 Å². The molecular weight excluding hydrogens is 328 g/mol. The number of carbonyl (C=O) groups excluding carboxylic acids is 2. The van der Waals surface area contributed by atoms with Gasteiger partial charge in [-0.3, -0.25) is 14.6 Å². The number of esters is 1. The Labute approximate surface area is 156 Å². The Morgan fingerprint density at radius 2 is 2.15 bits per heavy atom. The third-order valence-electron chi connectivity index (χ3n) is 5.22. The van der Waals surface area contributed by atoms with Gasteiger partial charge in [0.2, 0.25) is 0 Å². The van der Waals surface area contributed by atoms with Crippen LogP contribution in [0.1, 0.15) is 50.9 Å². The third-order valence-corrected chi connectivity index (χ3v) is 5.22. The predicted octanol–water partition coefficient (Wildman–Crippen LogP) is 3.62. The molecule has 0 bridgehead atoms. The summed E-state index contributed by atoms with van der Waals surface area (Å²) < 4.78 is 5.11. The van der Waals surface area contributed by atoms with Gasteiger partial charge in [0.05, 0.1) is 18.6 Å². The Morgan fingerprint density at radius 1 is 1.38 bits per heavy atom. The molecule has 26 heavy (non-hydrogen) atoms. The van der Waals surface area contributed by atoms with Crippen LogP contribution in [0.4, 0.5) is 0 Å². The molecule has 0 aliphatic heterocycles. The lowest BCUT2D eigenvalue weighted by Gasteiger charge is -2.37. The zero-order valence-corrected chi connectivity index (χ0v) is 16.2. The van der Waals surface area contributed by atoms with E-state index >= 15 is 0 Å². The van der Waals surface area contributed by atoms with Crippen LogP contribution in [0.3, 0.4) is 0 Å². The third kappa shape index (κ3) is 5.41. The molecule has 0 saturated heterocycles. The van der Waals surface area contributed by atoms with Crippen LogP contribution in [0.5, 0.6) is 0 Å². The van der Waals surface area contributed by atoms with Gasteiger partial charge in [-0.1, -0.05) is 25.5 Å². The molecule has 1 N–H and O–H groups in total. The molecule has 0 radical (unpaired) electrons. The average molecular weight is 358 g/mol. The van der Waals surface area contributed by atoms with Crippen LogP contribution in [0, 0.1) is 23.7 Å². The number of nitrogens with one attached hydrogen (secondary N) is 1. The normalized spacial score (nSPS) is 22.7. The van der Waals surface area contributed by atoms with Crippen LogP contribution >= 0.6 is 0 Å². The lowest BCUT2D eigenvalue weighted by molar-refractivity contribution is -0.144. The molecule has 5 heteroatoms. The largest absolute Gasteiger partial charge is 0.466 e. The Balaban J connectivity index is 2.03. The molecule has 1 aliphatic carbocycles. The highest BCUT2D eigenvalue weighted by Gasteiger charge is 2.32. The quantitative estimate of drug-likeness (QED) is 0.597. The first-order valence-electron chi connectivity index (χ1n) is 9.44. The summed E-state index contributed by atoms with van der Waals surface area (Å²) in [7, 11) is 0. The standard InChI is InChI=1S/C21H30N2O3/c1-5-26-20(24)11-17-10-19(14(2)3)18(9-15(17)4)13-23-21(25)16-7-6-8-22-12-16/h6-9,12,14,17-19H,5,10-11,13H2,1-4H3,(H,23,25)/t17-,18+,19+/m1/s1. The van der Waals surface area contributed by atoms with Gasteiger partial charge >= 0.3 is 5.97 Å². The molecule has 0 spiro atoms. The second-order valence-corrected chi connectivity index (χ2v) is 7.38. The summed E-state index contributed by atoms with van der Waals surface area (Å²) in [5, 5.41) is 3.03. The maximum atomic E-state index is 12.3. The summed E-state index contributed by atoms with van der Waals surface area (Å²) in [6, 6.07) is 3.52. The summed E-state index contributed by atoms with van der Waals surface area (Å²) in [5.74, 6) is 1.17. The zero-order chi connectivity index (χ0) is 19.1. The average Bonchev–Trinajstić information content (AvgIpc) is 2.62. The van der Waals surface area contributed by atoms with Crippen LogP contribution in [-0.4, -0.2) is 30.0 Å². The Kier molecular flexibility index (Phi) is 7.37. The Hall–Kier alpha value is -2.17. The lowest BCUT2D eigenvalue weighted by atomic mass is 9.70. The van der Waals surface area contributed by atoms with Crippen molar-refractivity contribution in [3.8, 4) is 0 Å². The fourth-order valence-electron chi connectivity index (χ4n) is 3.74. The number of hydrogen-bond acceptors (Lipinski definition) is 4. The fourth-order valence-corrected chi connectivity index (χ4v) is 3.74. The summed E-state index contributed by atoms with van der Waals surface area (Å²) >= 11 is 0. The van der Waals surface area contributed by atoms with E-state index in [1.165, 1.54) is 5.57 Å². The molecule has 0 unspecified atom stereocenters. The molecule has 142 valence electrons. The van der Waals surface area contributed by atoms with Gasteiger partial charge in [-0.15, -0.1) is 0 Å². The van der Waals surface area contributed by atoms with E-state index in [1.807, 2.05) is 6.92 Å². The van der Waals surface area contributed by atoms with Crippen molar-refractivity contribution in [2.75, 3.05) is 13.2 Å². The topological polar surface area (TPSA) is 68.3 Å². The molecule has 0 saturated carbocycles. The number of amides is 1. The molecule has 1 amide bonds. The van der Waals surface area contributed by atoms with Crippen molar-refractivity contribution in [1.82, 2.24) is 10.3 Å². The predicted molar refractivity (Wildman–Crippen MR) is 102 cm³/mol. The van der Waals surface area contributed by atoms with Gasteiger partial charge in [-0.25, -0.2) is 0 Å². The molecule has 1 heterocycles. The number of nitrogens with zero attached hydrogens (tertiary/aromatic N) is 1. The van der Waals surface area contributed by atoms with Gasteiger partial charge in [0.25, 0.3) is 5.91 Å². The highest BCUT2D eigenvalue weighted by Crippen LogP contribution is 2.38. The minimum Gasteiger partial charge on any atom is -0.466 e. The van der Waals surface area contributed by atoms with Crippen molar-refractivity contribution in [3.05, 3.63) is 41.7 Å². The van der Waals surface area contributed by atoms with Crippen LogP contribution in [-0.2, 0) is 9.53 Å². The molecular formula is C21H30N2O3. The summed E-state index contributed by atoms with van der Waals surface area (Å²) in [4.78, 5) is 28.2. The Morgan fingerprint density at radius 3 is 2.77 bits per heavy atom. The van der Waals surface area contributed by atoms with E-state index in [0.29, 0.717) is 37.0 Å². The van der Waals surface area contributed by atoms with Crippen LogP contribution in [0.2, 0.25) is 0 Å². The van der Waals surface area contributed by atoms with Gasteiger partial charge in [0, 0.05) is 18.9 Å². The molecule has 3 atom stereocenters. The maximum absolute atomic E-state index is 12.3. The highest BCUT2D eigenvalue weighted by atomic mass is 16.5. The first kappa shape index (κ1) is 20.1. The number of allylic oxidation sites excluding steroid dienone is 1. The SMILES string of the molecule is CCOC(=O)C[C@H]1C[C@@H](C(C)C)[C@H](CNC(=O)c2cccnc2)C=C1C. The molecule has 0 fully saturated rings. The van der Waals surface area contributed by atoms with Gasteiger partial charge in [0.1, 0.15) is 0 Å². The van der Waals surface area contributed by atoms with Crippen LogP contribution in [0.25, 0.3) is 0 Å². The van der Waals surface area contributed by atoms with E-state index in [4.69, 9.17) is 4.74 Å². The molecule has 1 aromatic rings. The summed E-state index contributed by atoms with van der Waals surface area (Å²) in [5.41, 5.74) is 1.79. The van der Waals surface area contributed by atoms with Gasteiger partial charge < -0.3 is 10.1 Å². The number of rotatable bonds is 7. The monoisotopic (exact) mass is 358 g/mol. The molecule has 2 rings (SSSR count). The number of carbonyl (C=O) groups is 2. The second kappa shape index (κ2) is 9.51. The van der Waals surface area contributed by atoms with E-state index in [1.54, 1.807) is 24.5 Å². The maximum Gasteiger partial charge on any atom is 0.306 e.